The van der Waals surface area contributed by atoms with E-state index in [0.717, 1.165) is 33.1 Å². The van der Waals surface area contributed by atoms with Gasteiger partial charge < -0.3 is 19.1 Å². The van der Waals surface area contributed by atoms with Crippen LogP contribution in [0.4, 0.5) is 0 Å². The Kier molecular flexibility index (Phi) is 5.43. The second-order valence-electron chi connectivity index (χ2n) is 8.05. The summed E-state index contributed by atoms with van der Waals surface area (Å²) in [5, 5.41) is 0. The Morgan fingerprint density at radius 1 is 1.00 bits per heavy atom. The Morgan fingerprint density at radius 3 is 2.38 bits per heavy atom. The number of carbonyl (C=O) groups excluding carboxylic acids is 1. The highest BCUT2D eigenvalue weighted by Gasteiger charge is 2.65. The topological polar surface area (TPSA) is 48.0 Å². The van der Waals surface area contributed by atoms with Gasteiger partial charge in [-0.2, -0.15) is 0 Å². The zero-order valence-electron chi connectivity index (χ0n) is 18.0. The predicted octanol–water partition coefficient (Wildman–Crippen LogP) is 4.69. The monoisotopic (exact) mass is 493 g/mol. The van der Waals surface area contributed by atoms with Gasteiger partial charge in [0.05, 0.1) is 20.8 Å². The summed E-state index contributed by atoms with van der Waals surface area (Å²) in [5.74, 6) is 1.35. The molecule has 0 saturated carbocycles. The van der Waals surface area contributed by atoms with E-state index >= 15 is 0 Å². The molecule has 0 N–H and O–H groups in total. The molecule has 1 amide bonds. The lowest BCUT2D eigenvalue weighted by Gasteiger charge is -2.60. The molecule has 0 radical (unpaired) electrons. The van der Waals surface area contributed by atoms with Crippen LogP contribution >= 0.6 is 15.9 Å². The van der Waals surface area contributed by atoms with Crippen molar-refractivity contribution in [1.82, 2.24) is 4.90 Å². The van der Waals surface area contributed by atoms with E-state index in [-0.39, 0.29) is 5.91 Å². The molecule has 0 aromatic heterocycles. The first kappa shape index (κ1) is 21.0. The molecule has 164 valence electrons. The lowest BCUT2D eigenvalue weighted by Crippen LogP contribution is -2.75. The van der Waals surface area contributed by atoms with Crippen LogP contribution in [0.1, 0.15) is 22.3 Å². The van der Waals surface area contributed by atoms with Crippen molar-refractivity contribution >= 4 is 21.8 Å². The summed E-state index contributed by atoms with van der Waals surface area (Å²) in [6.45, 7) is 0.995. The van der Waals surface area contributed by atoms with Crippen molar-refractivity contribution in [3.05, 3.63) is 93.5 Å². The molecule has 2 aliphatic rings. The number of hydrogen-bond donors (Lipinski definition) is 0. The average Bonchev–Trinajstić information content (AvgIpc) is 2.83. The first-order valence-corrected chi connectivity index (χ1v) is 11.4. The standard InChI is InChI=1S/C26H24BrNO4/c1-30-22-14-18-12-13-28-25(29)24(32-16-17-6-4-3-5-7-17)26(28,21(18)15-23(22)31-2)19-8-10-20(27)11-9-19/h3-11,14-15,24H,12-13,16H2,1-2H3. The van der Waals surface area contributed by atoms with Crippen LogP contribution in [-0.4, -0.2) is 37.7 Å². The van der Waals surface area contributed by atoms with Crippen molar-refractivity contribution in [2.45, 2.75) is 24.7 Å². The lowest BCUT2D eigenvalue weighted by atomic mass is 9.66. The molecule has 0 spiro atoms. The number of halogens is 1. The van der Waals surface area contributed by atoms with Crippen LogP contribution in [0.25, 0.3) is 0 Å². The summed E-state index contributed by atoms with van der Waals surface area (Å²) in [4.78, 5) is 15.2. The number of ether oxygens (including phenoxy) is 3. The van der Waals surface area contributed by atoms with Gasteiger partial charge in [-0.05, 0) is 52.9 Å². The SMILES string of the molecule is COc1cc2c(cc1OC)C1(c3ccc(Br)cc3)C(OCc3ccccc3)C(=O)N1CC2. The molecule has 3 aromatic carbocycles. The van der Waals surface area contributed by atoms with Crippen molar-refractivity contribution in [3.8, 4) is 11.5 Å². The maximum Gasteiger partial charge on any atom is 0.256 e. The molecule has 32 heavy (non-hydrogen) atoms. The molecule has 5 nitrogen and oxygen atoms in total. The van der Waals surface area contributed by atoms with E-state index in [9.17, 15) is 4.79 Å². The number of β-lactam (4-membered cyclic amide) rings is 1. The van der Waals surface area contributed by atoms with Crippen LogP contribution in [-0.2, 0) is 28.1 Å². The molecule has 0 aliphatic carbocycles. The van der Waals surface area contributed by atoms with E-state index in [2.05, 4.69) is 28.1 Å². The third-order valence-electron chi connectivity index (χ3n) is 6.46. The molecule has 2 atom stereocenters. The van der Waals surface area contributed by atoms with Gasteiger partial charge in [-0.15, -0.1) is 0 Å². The summed E-state index contributed by atoms with van der Waals surface area (Å²) in [5.41, 5.74) is 3.52. The molecule has 2 heterocycles. The molecule has 5 rings (SSSR count). The van der Waals surface area contributed by atoms with Crippen LogP contribution in [0.5, 0.6) is 11.5 Å². The van der Waals surface area contributed by atoms with Crippen molar-refractivity contribution in [2.75, 3.05) is 20.8 Å². The fourth-order valence-corrected chi connectivity index (χ4v) is 5.23. The average molecular weight is 494 g/mol. The number of nitrogens with zero attached hydrogens (tertiary/aromatic N) is 1. The van der Waals surface area contributed by atoms with Gasteiger partial charge in [-0.3, -0.25) is 4.79 Å². The molecular weight excluding hydrogens is 470 g/mol. The zero-order chi connectivity index (χ0) is 22.3. The van der Waals surface area contributed by atoms with Gasteiger partial charge in [-0.25, -0.2) is 0 Å². The molecule has 2 unspecified atom stereocenters. The largest absolute Gasteiger partial charge is 0.493 e. The smallest absolute Gasteiger partial charge is 0.256 e. The van der Waals surface area contributed by atoms with Crippen molar-refractivity contribution in [3.63, 3.8) is 0 Å². The van der Waals surface area contributed by atoms with Gasteiger partial charge in [0.2, 0.25) is 0 Å². The number of fused-ring (bicyclic) bond motifs is 3. The second kappa shape index (κ2) is 8.26. The lowest BCUT2D eigenvalue weighted by molar-refractivity contribution is -0.194. The third-order valence-corrected chi connectivity index (χ3v) is 6.99. The van der Waals surface area contributed by atoms with Crippen LogP contribution in [0.3, 0.4) is 0 Å². The van der Waals surface area contributed by atoms with Crippen LogP contribution in [0.15, 0.2) is 71.2 Å². The number of amides is 1. The number of benzene rings is 3. The Balaban J connectivity index is 1.65. The molecule has 6 heteroatoms. The number of hydrogen-bond acceptors (Lipinski definition) is 4. The maximum atomic E-state index is 13.3. The zero-order valence-corrected chi connectivity index (χ0v) is 19.6. The fraction of sp³-hybridized carbons (Fsp3) is 0.269. The van der Waals surface area contributed by atoms with E-state index in [1.54, 1.807) is 14.2 Å². The van der Waals surface area contributed by atoms with Gasteiger partial charge in [0, 0.05) is 11.0 Å². The molecule has 3 aromatic rings. The molecule has 2 aliphatic heterocycles. The predicted molar refractivity (Wildman–Crippen MR) is 125 cm³/mol. The molecule has 0 bridgehead atoms. The molecule has 1 fully saturated rings. The number of methoxy groups -OCH3 is 2. The van der Waals surface area contributed by atoms with Crippen LogP contribution in [0, 0.1) is 0 Å². The minimum atomic E-state index is -0.709. The van der Waals surface area contributed by atoms with Crippen LogP contribution < -0.4 is 9.47 Å². The highest BCUT2D eigenvalue weighted by Crippen LogP contribution is 2.54. The van der Waals surface area contributed by atoms with E-state index in [1.165, 1.54) is 0 Å². The van der Waals surface area contributed by atoms with Gasteiger partial charge in [0.1, 0.15) is 5.54 Å². The van der Waals surface area contributed by atoms with E-state index in [4.69, 9.17) is 14.2 Å². The quantitative estimate of drug-likeness (QED) is 0.467. The third kappa shape index (κ3) is 3.12. The van der Waals surface area contributed by atoms with Crippen LogP contribution in [0.2, 0.25) is 0 Å². The van der Waals surface area contributed by atoms with E-state index < -0.39 is 11.6 Å². The summed E-state index contributed by atoms with van der Waals surface area (Å²) in [7, 11) is 3.27. The highest BCUT2D eigenvalue weighted by molar-refractivity contribution is 9.10. The highest BCUT2D eigenvalue weighted by atomic mass is 79.9. The summed E-state index contributed by atoms with van der Waals surface area (Å²) in [6, 6.07) is 22.1. The minimum Gasteiger partial charge on any atom is -0.493 e. The van der Waals surface area contributed by atoms with Crippen molar-refractivity contribution < 1.29 is 19.0 Å². The first-order valence-electron chi connectivity index (χ1n) is 10.6. The summed E-state index contributed by atoms with van der Waals surface area (Å²) < 4.78 is 18.5. The molecule has 1 saturated heterocycles. The van der Waals surface area contributed by atoms with Gasteiger partial charge in [-0.1, -0.05) is 58.4 Å². The number of rotatable bonds is 6. The normalized spacial score (nSPS) is 21.4. The van der Waals surface area contributed by atoms with E-state index in [0.29, 0.717) is 24.7 Å². The Bertz CT molecular complexity index is 1150. The summed E-state index contributed by atoms with van der Waals surface area (Å²) >= 11 is 3.53. The Hall–Kier alpha value is -2.83. The van der Waals surface area contributed by atoms with Crippen molar-refractivity contribution in [2.24, 2.45) is 0 Å². The Morgan fingerprint density at radius 2 is 1.69 bits per heavy atom. The number of carbonyl (C=O) groups is 1. The maximum absolute atomic E-state index is 13.3. The minimum absolute atomic E-state index is 0.0179. The first-order chi connectivity index (χ1) is 15.6. The second-order valence-corrected chi connectivity index (χ2v) is 8.97. The summed E-state index contributed by atoms with van der Waals surface area (Å²) in [6.07, 6.45) is 0.131. The molecular formula is C26H24BrNO4. The van der Waals surface area contributed by atoms with Crippen molar-refractivity contribution in [1.29, 1.82) is 0 Å². The fourth-order valence-electron chi connectivity index (χ4n) is 4.97. The van der Waals surface area contributed by atoms with Gasteiger partial charge in [0.15, 0.2) is 17.6 Å². The van der Waals surface area contributed by atoms with E-state index in [1.807, 2.05) is 59.5 Å². The van der Waals surface area contributed by atoms with Gasteiger partial charge in [0.25, 0.3) is 5.91 Å². The Labute approximate surface area is 196 Å². The van der Waals surface area contributed by atoms with Gasteiger partial charge >= 0.3 is 0 Å².